The van der Waals surface area contributed by atoms with Gasteiger partial charge in [-0.3, -0.25) is 9.69 Å². The first-order chi connectivity index (χ1) is 13.5. The minimum absolute atomic E-state index is 0.0799. The van der Waals surface area contributed by atoms with Gasteiger partial charge < -0.3 is 20.5 Å². The van der Waals surface area contributed by atoms with Crippen LogP contribution in [0.3, 0.4) is 0 Å². The lowest BCUT2D eigenvalue weighted by Gasteiger charge is -2.33. The summed E-state index contributed by atoms with van der Waals surface area (Å²) >= 11 is 1.46. The van der Waals surface area contributed by atoms with Gasteiger partial charge in [0.1, 0.15) is 0 Å². The number of amides is 1. The molecule has 1 aromatic heterocycles. The average Bonchev–Trinajstić information content (AvgIpc) is 3.12. The van der Waals surface area contributed by atoms with Gasteiger partial charge in [0.05, 0.1) is 5.69 Å². The summed E-state index contributed by atoms with van der Waals surface area (Å²) < 4.78 is 4.94. The molecule has 2 aliphatic rings. The van der Waals surface area contributed by atoms with Crippen LogP contribution >= 0.6 is 11.3 Å². The highest BCUT2D eigenvalue weighted by Crippen LogP contribution is 2.26. The number of carbonyl (C=O) groups is 1. The maximum absolute atomic E-state index is 12.9. The Balaban J connectivity index is 1.61. The van der Waals surface area contributed by atoms with E-state index in [1.807, 2.05) is 0 Å². The van der Waals surface area contributed by atoms with E-state index in [1.54, 1.807) is 0 Å². The fraction of sp³-hybridized carbons (Fsp3) is 0.700. The van der Waals surface area contributed by atoms with E-state index in [9.17, 15) is 9.90 Å². The molecule has 8 heteroatoms. The van der Waals surface area contributed by atoms with Crippen molar-refractivity contribution in [3.05, 3.63) is 27.9 Å². The molecule has 0 spiro atoms. The molecule has 1 aliphatic heterocycles. The van der Waals surface area contributed by atoms with Crippen molar-refractivity contribution in [1.29, 1.82) is 0 Å². The number of aromatic nitrogens is 1. The maximum atomic E-state index is 12.9. The Morgan fingerprint density at radius 3 is 2.79 bits per heavy atom. The molecule has 1 saturated carbocycles. The minimum Gasteiger partial charge on any atom is -0.384 e. The molecule has 3 atom stereocenters. The van der Waals surface area contributed by atoms with Crippen LogP contribution in [0.4, 0.5) is 0 Å². The Hall–Kier alpha value is -1.48. The number of aliphatic hydroxyl groups is 1. The van der Waals surface area contributed by atoms with Gasteiger partial charge in [-0.05, 0) is 19.3 Å². The smallest absolute Gasteiger partial charge is 0.280 e. The standard InChI is InChI=1S/C20H32N4O3S/c1-4-13(2)21-14-7-5-6-8-15(14)22-19(26)20-23-16-9-10-24(11-17(16)28-20)12-18(25)27-3/h14-15,18,21,25H,2,4-12H2,1,3H3,(H,22,26)/t14-,15+,18?/m0/s1. The van der Waals surface area contributed by atoms with E-state index < -0.39 is 6.29 Å². The van der Waals surface area contributed by atoms with Gasteiger partial charge in [-0.15, -0.1) is 11.3 Å². The Bertz CT molecular complexity index is 693. The number of nitrogens with zero attached hydrogens (tertiary/aromatic N) is 2. The number of ether oxygens (including phenoxy) is 1. The van der Waals surface area contributed by atoms with Crippen LogP contribution in [0.2, 0.25) is 0 Å². The quantitative estimate of drug-likeness (QED) is 0.571. The van der Waals surface area contributed by atoms with Crippen molar-refractivity contribution in [1.82, 2.24) is 20.5 Å². The Kier molecular flexibility index (Phi) is 7.45. The monoisotopic (exact) mass is 408 g/mol. The van der Waals surface area contributed by atoms with E-state index in [4.69, 9.17) is 4.74 Å². The van der Waals surface area contributed by atoms with Crippen molar-refractivity contribution in [3.63, 3.8) is 0 Å². The number of fused-ring (bicyclic) bond motifs is 1. The van der Waals surface area contributed by atoms with Crippen molar-refractivity contribution in [2.24, 2.45) is 0 Å². The van der Waals surface area contributed by atoms with Gasteiger partial charge in [-0.1, -0.05) is 26.3 Å². The van der Waals surface area contributed by atoms with Crippen LogP contribution in [0.15, 0.2) is 12.3 Å². The second kappa shape index (κ2) is 9.82. The summed E-state index contributed by atoms with van der Waals surface area (Å²) in [6.45, 7) is 8.11. The Labute approximate surface area is 171 Å². The molecule has 1 amide bonds. The zero-order valence-electron chi connectivity index (χ0n) is 16.9. The number of allylic oxidation sites excluding steroid dienone is 1. The number of β-amino-alcohol motifs (C(OH)–C–C–N with tert-alkyl or cyclic N) is 1. The van der Waals surface area contributed by atoms with E-state index in [0.29, 0.717) is 18.1 Å². The highest BCUT2D eigenvalue weighted by molar-refractivity contribution is 7.13. The second-order valence-electron chi connectivity index (χ2n) is 7.64. The van der Waals surface area contributed by atoms with Gasteiger partial charge in [0, 0.05) is 55.8 Å². The zero-order chi connectivity index (χ0) is 20.1. The number of carbonyl (C=O) groups excluding carboxylic acids is 1. The van der Waals surface area contributed by atoms with Crippen LogP contribution < -0.4 is 10.6 Å². The molecule has 156 valence electrons. The summed E-state index contributed by atoms with van der Waals surface area (Å²) in [6, 6.07) is 0.351. The van der Waals surface area contributed by atoms with E-state index in [2.05, 4.69) is 34.0 Å². The topological polar surface area (TPSA) is 86.7 Å². The summed E-state index contributed by atoms with van der Waals surface area (Å²) in [5.41, 5.74) is 2.03. The number of rotatable bonds is 8. The zero-order valence-corrected chi connectivity index (χ0v) is 17.7. The second-order valence-corrected chi connectivity index (χ2v) is 8.72. The molecule has 2 heterocycles. The van der Waals surface area contributed by atoms with Crippen molar-refractivity contribution >= 4 is 17.2 Å². The third-order valence-electron chi connectivity index (χ3n) is 5.59. The molecule has 1 fully saturated rings. The van der Waals surface area contributed by atoms with Crippen molar-refractivity contribution in [2.75, 3.05) is 20.2 Å². The fourth-order valence-electron chi connectivity index (χ4n) is 3.87. The molecule has 0 bridgehead atoms. The Morgan fingerprint density at radius 1 is 1.39 bits per heavy atom. The largest absolute Gasteiger partial charge is 0.384 e. The average molecular weight is 409 g/mol. The molecule has 1 aromatic rings. The van der Waals surface area contributed by atoms with Crippen molar-refractivity contribution in [3.8, 4) is 0 Å². The highest BCUT2D eigenvalue weighted by atomic mass is 32.1. The normalized spacial score (nSPS) is 23.7. The first-order valence-electron chi connectivity index (χ1n) is 10.2. The highest BCUT2D eigenvalue weighted by Gasteiger charge is 2.29. The van der Waals surface area contributed by atoms with Gasteiger partial charge in [-0.2, -0.15) is 0 Å². The lowest BCUT2D eigenvalue weighted by atomic mass is 9.90. The van der Waals surface area contributed by atoms with E-state index >= 15 is 0 Å². The number of aliphatic hydroxyl groups excluding tert-OH is 1. The van der Waals surface area contributed by atoms with Crippen LogP contribution in [-0.4, -0.2) is 59.5 Å². The molecule has 7 nitrogen and oxygen atoms in total. The third-order valence-corrected chi connectivity index (χ3v) is 6.67. The number of hydrogen-bond donors (Lipinski definition) is 3. The summed E-state index contributed by atoms with van der Waals surface area (Å²) in [5.74, 6) is -0.0799. The fourth-order valence-corrected chi connectivity index (χ4v) is 4.92. The van der Waals surface area contributed by atoms with E-state index in [-0.39, 0.29) is 18.0 Å². The summed E-state index contributed by atoms with van der Waals surface area (Å²) in [5, 5.41) is 16.9. The van der Waals surface area contributed by atoms with Gasteiger partial charge >= 0.3 is 0 Å². The molecular weight excluding hydrogens is 376 g/mol. The van der Waals surface area contributed by atoms with Gasteiger partial charge in [0.15, 0.2) is 11.3 Å². The SMILES string of the molecule is C=C(CC)N[C@H]1CCCC[C@H]1NC(=O)c1nc2c(s1)CN(CC(O)OC)CC2. The first kappa shape index (κ1) is 21.2. The summed E-state index contributed by atoms with van der Waals surface area (Å²) in [4.78, 5) is 20.7. The van der Waals surface area contributed by atoms with Gasteiger partial charge in [0.2, 0.25) is 0 Å². The lowest BCUT2D eigenvalue weighted by Crippen LogP contribution is -2.51. The van der Waals surface area contributed by atoms with Crippen LogP contribution in [0.5, 0.6) is 0 Å². The molecule has 1 aliphatic carbocycles. The van der Waals surface area contributed by atoms with E-state index in [1.165, 1.54) is 24.9 Å². The van der Waals surface area contributed by atoms with Crippen LogP contribution in [0.25, 0.3) is 0 Å². The number of hydrogen-bond acceptors (Lipinski definition) is 7. The van der Waals surface area contributed by atoms with Gasteiger partial charge in [0.25, 0.3) is 5.91 Å². The van der Waals surface area contributed by atoms with Gasteiger partial charge in [-0.25, -0.2) is 4.98 Å². The lowest BCUT2D eigenvalue weighted by molar-refractivity contribution is -0.0922. The maximum Gasteiger partial charge on any atom is 0.280 e. The summed E-state index contributed by atoms with van der Waals surface area (Å²) in [7, 11) is 1.50. The first-order valence-corrected chi connectivity index (χ1v) is 11.0. The molecule has 1 unspecified atom stereocenters. The molecule has 0 aromatic carbocycles. The van der Waals surface area contributed by atoms with Crippen molar-refractivity contribution < 1.29 is 14.6 Å². The summed E-state index contributed by atoms with van der Waals surface area (Å²) in [6.07, 6.45) is 5.24. The van der Waals surface area contributed by atoms with Crippen molar-refractivity contribution in [2.45, 2.75) is 70.4 Å². The predicted octanol–water partition coefficient (Wildman–Crippen LogP) is 2.02. The number of methoxy groups -OCH3 is 1. The molecular formula is C20H32N4O3S. The number of thiazole rings is 1. The third kappa shape index (κ3) is 5.31. The predicted molar refractivity (Wildman–Crippen MR) is 110 cm³/mol. The number of nitrogens with one attached hydrogen (secondary N) is 2. The molecule has 3 rings (SSSR count). The van der Waals surface area contributed by atoms with Crippen LogP contribution in [-0.2, 0) is 17.7 Å². The molecule has 0 saturated heterocycles. The van der Waals surface area contributed by atoms with Crippen LogP contribution in [0.1, 0.15) is 59.4 Å². The molecule has 0 radical (unpaired) electrons. The van der Waals surface area contributed by atoms with E-state index in [0.717, 1.165) is 54.9 Å². The minimum atomic E-state index is -0.786. The van der Waals surface area contributed by atoms with Crippen LogP contribution in [0, 0.1) is 0 Å². The molecule has 3 N–H and O–H groups in total. The Morgan fingerprint density at radius 2 is 2.11 bits per heavy atom. The molecule has 28 heavy (non-hydrogen) atoms.